The lowest BCUT2D eigenvalue weighted by Crippen LogP contribution is -2.26. The number of carbonyl (C=O) groups excluding carboxylic acids is 1. The highest BCUT2D eigenvalue weighted by molar-refractivity contribution is 5.95. The molecular weight excluding hydrogens is 188 g/mol. The van der Waals surface area contributed by atoms with Crippen molar-refractivity contribution in [3.05, 3.63) is 35.4 Å². The van der Waals surface area contributed by atoms with Gasteiger partial charge in [0.25, 0.3) is 0 Å². The van der Waals surface area contributed by atoms with E-state index in [4.69, 9.17) is 4.74 Å². The van der Waals surface area contributed by atoms with E-state index in [9.17, 15) is 4.79 Å². The van der Waals surface area contributed by atoms with Crippen LogP contribution in [0.15, 0.2) is 24.3 Å². The molecule has 1 aromatic carbocycles. The summed E-state index contributed by atoms with van der Waals surface area (Å²) in [6.07, 6.45) is 0.749. The average molecular weight is 206 g/mol. The summed E-state index contributed by atoms with van der Waals surface area (Å²) in [4.78, 5) is 11.4. The zero-order valence-electron chi connectivity index (χ0n) is 9.83. The monoisotopic (exact) mass is 206 g/mol. The van der Waals surface area contributed by atoms with Crippen molar-refractivity contribution in [2.75, 3.05) is 7.11 Å². The number of ether oxygens (including phenoxy) is 1. The first-order valence-corrected chi connectivity index (χ1v) is 5.10. The van der Waals surface area contributed by atoms with E-state index in [1.54, 1.807) is 14.0 Å². The Morgan fingerprint density at radius 2 is 1.93 bits per heavy atom. The molecule has 0 radical (unpaired) electrons. The van der Waals surface area contributed by atoms with Crippen LogP contribution in [0.2, 0.25) is 0 Å². The molecule has 82 valence electrons. The summed E-state index contributed by atoms with van der Waals surface area (Å²) in [5.74, 6) is 0.109. The van der Waals surface area contributed by atoms with Crippen LogP contribution < -0.4 is 0 Å². The Bertz CT molecular complexity index is 353. The first kappa shape index (κ1) is 11.9. The van der Waals surface area contributed by atoms with Gasteiger partial charge in [-0.05, 0) is 26.3 Å². The smallest absolute Gasteiger partial charge is 0.160 e. The van der Waals surface area contributed by atoms with Gasteiger partial charge in [-0.2, -0.15) is 0 Å². The summed E-state index contributed by atoms with van der Waals surface area (Å²) in [5.41, 5.74) is 1.62. The van der Waals surface area contributed by atoms with Gasteiger partial charge in [0.1, 0.15) is 0 Å². The topological polar surface area (TPSA) is 26.3 Å². The van der Waals surface area contributed by atoms with Crippen LogP contribution >= 0.6 is 0 Å². The highest BCUT2D eigenvalue weighted by Crippen LogP contribution is 2.19. The minimum Gasteiger partial charge on any atom is -0.378 e. The summed E-state index contributed by atoms with van der Waals surface area (Å²) in [7, 11) is 1.69. The van der Waals surface area contributed by atoms with Gasteiger partial charge in [0.15, 0.2) is 5.78 Å². The van der Waals surface area contributed by atoms with E-state index in [1.165, 1.54) is 0 Å². The van der Waals surface area contributed by atoms with E-state index in [-0.39, 0.29) is 11.4 Å². The molecular formula is C13H18O2. The number of Topliss-reactive ketones (excluding diaryl/α,β-unsaturated/α-hetero) is 1. The second-order valence-corrected chi connectivity index (χ2v) is 4.35. The van der Waals surface area contributed by atoms with Crippen LogP contribution in [0, 0.1) is 0 Å². The van der Waals surface area contributed by atoms with Gasteiger partial charge in [0.05, 0.1) is 5.60 Å². The van der Waals surface area contributed by atoms with Crippen LogP contribution in [0.4, 0.5) is 0 Å². The average Bonchev–Trinajstić information content (AvgIpc) is 2.18. The number of hydrogen-bond donors (Lipinski definition) is 0. The maximum Gasteiger partial charge on any atom is 0.160 e. The lowest BCUT2D eigenvalue weighted by molar-refractivity contribution is 0.0231. The van der Waals surface area contributed by atoms with Gasteiger partial charge in [-0.25, -0.2) is 0 Å². The first-order chi connectivity index (χ1) is 6.96. The maximum atomic E-state index is 11.4. The van der Waals surface area contributed by atoms with Crippen molar-refractivity contribution in [2.45, 2.75) is 32.8 Å². The van der Waals surface area contributed by atoms with Crippen molar-refractivity contribution in [1.82, 2.24) is 0 Å². The van der Waals surface area contributed by atoms with Gasteiger partial charge >= 0.3 is 0 Å². The maximum absolute atomic E-state index is 11.4. The van der Waals surface area contributed by atoms with Crippen LogP contribution in [-0.2, 0) is 11.2 Å². The van der Waals surface area contributed by atoms with Gasteiger partial charge in [0, 0.05) is 19.1 Å². The fraction of sp³-hybridized carbons (Fsp3) is 0.462. The molecule has 0 aliphatic heterocycles. The molecule has 2 nitrogen and oxygen atoms in total. The van der Waals surface area contributed by atoms with Gasteiger partial charge < -0.3 is 4.74 Å². The molecule has 1 rings (SSSR count). The molecule has 0 unspecified atom stereocenters. The highest BCUT2D eigenvalue weighted by atomic mass is 16.5. The van der Waals surface area contributed by atoms with Crippen molar-refractivity contribution in [2.24, 2.45) is 0 Å². The summed E-state index contributed by atoms with van der Waals surface area (Å²) in [5, 5.41) is 0. The van der Waals surface area contributed by atoms with E-state index in [1.807, 2.05) is 38.1 Å². The molecule has 0 saturated carbocycles. The molecule has 0 heterocycles. The standard InChI is InChI=1S/C13H18O2/c1-10(14)12-8-6-5-7-11(12)9-13(2,3)15-4/h5-8H,9H2,1-4H3. The molecule has 1 aromatic rings. The molecule has 15 heavy (non-hydrogen) atoms. The van der Waals surface area contributed by atoms with E-state index in [0.29, 0.717) is 0 Å². The molecule has 0 N–H and O–H groups in total. The summed E-state index contributed by atoms with van der Waals surface area (Å²) >= 11 is 0. The van der Waals surface area contributed by atoms with E-state index < -0.39 is 0 Å². The van der Waals surface area contributed by atoms with Crippen LogP contribution in [0.3, 0.4) is 0 Å². The van der Waals surface area contributed by atoms with Crippen molar-refractivity contribution >= 4 is 5.78 Å². The van der Waals surface area contributed by atoms with Gasteiger partial charge in [0.2, 0.25) is 0 Å². The molecule has 0 fully saturated rings. The van der Waals surface area contributed by atoms with Gasteiger partial charge in [-0.1, -0.05) is 24.3 Å². The molecule has 0 amide bonds. The number of rotatable bonds is 4. The van der Waals surface area contributed by atoms with Crippen LogP contribution in [0.25, 0.3) is 0 Å². The molecule has 0 atom stereocenters. The first-order valence-electron chi connectivity index (χ1n) is 5.10. The quantitative estimate of drug-likeness (QED) is 0.708. The Labute approximate surface area is 91.3 Å². The van der Waals surface area contributed by atoms with Crippen molar-refractivity contribution in [3.8, 4) is 0 Å². The van der Waals surface area contributed by atoms with Crippen LogP contribution in [-0.4, -0.2) is 18.5 Å². The number of carbonyl (C=O) groups is 1. The molecule has 0 saturated heterocycles. The number of benzene rings is 1. The largest absolute Gasteiger partial charge is 0.378 e. The van der Waals surface area contributed by atoms with E-state index in [0.717, 1.165) is 17.5 Å². The molecule has 0 aromatic heterocycles. The number of methoxy groups -OCH3 is 1. The molecule has 0 aliphatic rings. The highest BCUT2D eigenvalue weighted by Gasteiger charge is 2.19. The third kappa shape index (κ3) is 3.17. The lowest BCUT2D eigenvalue weighted by Gasteiger charge is -2.23. The van der Waals surface area contributed by atoms with Gasteiger partial charge in [-0.15, -0.1) is 0 Å². The second-order valence-electron chi connectivity index (χ2n) is 4.35. The molecule has 2 heteroatoms. The minimum absolute atomic E-state index is 0.109. The number of hydrogen-bond acceptors (Lipinski definition) is 2. The fourth-order valence-corrected chi connectivity index (χ4v) is 1.55. The predicted molar refractivity (Wildman–Crippen MR) is 61.2 cm³/mol. The number of ketones is 1. The molecule has 0 aliphatic carbocycles. The third-order valence-electron chi connectivity index (χ3n) is 2.57. The fourth-order valence-electron chi connectivity index (χ4n) is 1.55. The third-order valence-corrected chi connectivity index (χ3v) is 2.57. The molecule has 0 bridgehead atoms. The zero-order valence-corrected chi connectivity index (χ0v) is 9.83. The SMILES string of the molecule is COC(C)(C)Cc1ccccc1C(C)=O. The summed E-state index contributed by atoms with van der Waals surface area (Å²) < 4.78 is 5.37. The lowest BCUT2D eigenvalue weighted by atomic mass is 9.93. The van der Waals surface area contributed by atoms with Gasteiger partial charge in [-0.3, -0.25) is 4.79 Å². The van der Waals surface area contributed by atoms with Crippen LogP contribution in [0.5, 0.6) is 0 Å². The van der Waals surface area contributed by atoms with Crippen molar-refractivity contribution in [1.29, 1.82) is 0 Å². The zero-order chi connectivity index (χ0) is 11.5. The Morgan fingerprint density at radius 1 is 1.33 bits per heavy atom. The summed E-state index contributed by atoms with van der Waals surface area (Å²) in [6, 6.07) is 7.69. The molecule has 0 spiro atoms. The van der Waals surface area contributed by atoms with Crippen molar-refractivity contribution in [3.63, 3.8) is 0 Å². The van der Waals surface area contributed by atoms with E-state index in [2.05, 4.69) is 0 Å². The van der Waals surface area contributed by atoms with Crippen molar-refractivity contribution < 1.29 is 9.53 Å². The normalized spacial score (nSPS) is 11.5. The predicted octanol–water partition coefficient (Wildman–Crippen LogP) is 2.86. The Morgan fingerprint density at radius 3 is 2.47 bits per heavy atom. The van der Waals surface area contributed by atoms with Crippen LogP contribution in [0.1, 0.15) is 36.7 Å². The second kappa shape index (κ2) is 4.58. The Hall–Kier alpha value is -1.15. The Balaban J connectivity index is 2.99. The summed E-state index contributed by atoms with van der Waals surface area (Å²) in [6.45, 7) is 5.63. The Kier molecular flexibility index (Phi) is 3.64. The minimum atomic E-state index is -0.231. The van der Waals surface area contributed by atoms with E-state index >= 15 is 0 Å².